The highest BCUT2D eigenvalue weighted by Gasteiger charge is 2.10. The first-order chi connectivity index (χ1) is 9.10. The van der Waals surface area contributed by atoms with Crippen LogP contribution in [-0.2, 0) is 4.79 Å². The molecule has 0 radical (unpaired) electrons. The minimum atomic E-state index is -0.976. The van der Waals surface area contributed by atoms with Crippen molar-refractivity contribution in [3.8, 4) is 11.5 Å². The molecule has 0 amide bonds. The molecule has 19 heavy (non-hydrogen) atoms. The van der Waals surface area contributed by atoms with Gasteiger partial charge in [-0.15, -0.1) is 0 Å². The lowest BCUT2D eigenvalue weighted by molar-refractivity contribution is -0.131. The first kappa shape index (κ1) is 15.1. The van der Waals surface area contributed by atoms with Gasteiger partial charge in [-0.3, -0.25) is 0 Å². The van der Waals surface area contributed by atoms with Crippen molar-refractivity contribution in [2.45, 2.75) is 32.8 Å². The Hall–Kier alpha value is -1.97. The summed E-state index contributed by atoms with van der Waals surface area (Å²) in [6, 6.07) is 5.37. The molecule has 1 N–H and O–H groups in total. The summed E-state index contributed by atoms with van der Waals surface area (Å²) >= 11 is 0. The molecule has 4 nitrogen and oxygen atoms in total. The zero-order valence-electron chi connectivity index (χ0n) is 11.6. The lowest BCUT2D eigenvalue weighted by Gasteiger charge is -2.18. The van der Waals surface area contributed by atoms with Gasteiger partial charge in [0.1, 0.15) is 0 Å². The molecular formula is C15H20O4. The molecule has 0 aliphatic heterocycles. The number of methoxy groups -OCH3 is 1. The van der Waals surface area contributed by atoms with Crippen LogP contribution in [0.25, 0.3) is 6.08 Å². The van der Waals surface area contributed by atoms with Crippen LogP contribution in [0, 0.1) is 0 Å². The second-order valence-electron chi connectivity index (χ2n) is 4.14. The summed E-state index contributed by atoms with van der Waals surface area (Å²) in [6.07, 6.45) is 4.64. The molecule has 1 rings (SSSR count). The van der Waals surface area contributed by atoms with Gasteiger partial charge in [-0.25, -0.2) is 4.79 Å². The quantitative estimate of drug-likeness (QED) is 0.767. The lowest BCUT2D eigenvalue weighted by atomic mass is 10.1. The van der Waals surface area contributed by atoms with E-state index in [0.29, 0.717) is 11.5 Å². The van der Waals surface area contributed by atoms with Crippen LogP contribution in [0.2, 0.25) is 0 Å². The van der Waals surface area contributed by atoms with Crippen molar-refractivity contribution in [1.29, 1.82) is 0 Å². The number of aliphatic carboxylic acids is 1. The first-order valence-corrected chi connectivity index (χ1v) is 6.36. The van der Waals surface area contributed by atoms with Gasteiger partial charge in [0.25, 0.3) is 0 Å². The van der Waals surface area contributed by atoms with Gasteiger partial charge >= 0.3 is 5.97 Å². The molecule has 0 saturated heterocycles. The number of carbonyl (C=O) groups is 1. The highest BCUT2D eigenvalue weighted by molar-refractivity contribution is 5.85. The van der Waals surface area contributed by atoms with Gasteiger partial charge in [-0.1, -0.05) is 19.9 Å². The van der Waals surface area contributed by atoms with E-state index >= 15 is 0 Å². The third-order valence-corrected chi connectivity index (χ3v) is 2.81. The number of benzene rings is 1. The average molecular weight is 264 g/mol. The lowest BCUT2D eigenvalue weighted by Crippen LogP contribution is -2.14. The molecule has 0 fully saturated rings. The number of carboxylic acids is 1. The predicted octanol–water partition coefficient (Wildman–Crippen LogP) is 3.36. The summed E-state index contributed by atoms with van der Waals surface area (Å²) in [4.78, 5) is 10.5. The Kier molecular flexibility index (Phi) is 5.93. The molecule has 1 aromatic carbocycles. The summed E-state index contributed by atoms with van der Waals surface area (Å²) < 4.78 is 11.1. The smallest absolute Gasteiger partial charge is 0.328 e. The summed E-state index contributed by atoms with van der Waals surface area (Å²) in [5.41, 5.74) is 0.760. The standard InChI is InChI=1S/C15H20O4/c1-4-12(5-2)19-13-8-6-11(7-9-15(16)17)10-14(13)18-3/h6-10,12H,4-5H2,1-3H3,(H,16,17)/b9-7-. The Morgan fingerprint density at radius 2 is 2.00 bits per heavy atom. The predicted molar refractivity (Wildman–Crippen MR) is 74.7 cm³/mol. The van der Waals surface area contributed by atoms with Crippen molar-refractivity contribution in [3.05, 3.63) is 29.8 Å². The monoisotopic (exact) mass is 264 g/mol. The van der Waals surface area contributed by atoms with E-state index < -0.39 is 5.97 Å². The molecule has 1 aromatic rings. The zero-order chi connectivity index (χ0) is 14.3. The van der Waals surface area contributed by atoms with Crippen LogP contribution in [0.15, 0.2) is 24.3 Å². The van der Waals surface area contributed by atoms with Crippen molar-refractivity contribution in [1.82, 2.24) is 0 Å². The van der Waals surface area contributed by atoms with E-state index in [4.69, 9.17) is 14.6 Å². The summed E-state index contributed by atoms with van der Waals surface area (Å²) in [6.45, 7) is 4.15. The van der Waals surface area contributed by atoms with Crippen LogP contribution >= 0.6 is 0 Å². The molecule has 0 atom stereocenters. The van der Waals surface area contributed by atoms with E-state index in [1.54, 1.807) is 25.3 Å². The minimum Gasteiger partial charge on any atom is -0.493 e. The van der Waals surface area contributed by atoms with Crippen molar-refractivity contribution >= 4 is 12.0 Å². The fourth-order valence-electron chi connectivity index (χ4n) is 1.69. The highest BCUT2D eigenvalue weighted by Crippen LogP contribution is 2.30. The van der Waals surface area contributed by atoms with E-state index in [2.05, 4.69) is 13.8 Å². The fraction of sp³-hybridized carbons (Fsp3) is 0.400. The van der Waals surface area contributed by atoms with Crippen LogP contribution in [0.3, 0.4) is 0 Å². The summed E-state index contributed by atoms with van der Waals surface area (Å²) in [5, 5.41) is 8.60. The number of carboxylic acid groups (broad SMARTS) is 1. The second-order valence-corrected chi connectivity index (χ2v) is 4.14. The van der Waals surface area contributed by atoms with Crippen molar-refractivity contribution < 1.29 is 19.4 Å². The van der Waals surface area contributed by atoms with Crippen LogP contribution in [0.4, 0.5) is 0 Å². The SMILES string of the molecule is CCC(CC)Oc1ccc(/C=C\C(=O)O)cc1OC. The molecule has 0 saturated carbocycles. The fourth-order valence-corrected chi connectivity index (χ4v) is 1.69. The number of hydrogen-bond donors (Lipinski definition) is 1. The van der Waals surface area contributed by atoms with Crippen LogP contribution < -0.4 is 9.47 Å². The molecule has 104 valence electrons. The molecule has 0 spiro atoms. The Morgan fingerprint density at radius 3 is 2.53 bits per heavy atom. The molecule has 0 unspecified atom stereocenters. The maximum Gasteiger partial charge on any atom is 0.328 e. The summed E-state index contributed by atoms with van der Waals surface area (Å²) in [7, 11) is 1.57. The van der Waals surface area contributed by atoms with Crippen molar-refractivity contribution in [2.75, 3.05) is 7.11 Å². The molecular weight excluding hydrogens is 244 g/mol. The molecule has 0 heterocycles. The molecule has 0 aliphatic carbocycles. The van der Waals surface area contributed by atoms with Gasteiger partial charge < -0.3 is 14.6 Å². The third kappa shape index (κ3) is 4.66. The van der Waals surface area contributed by atoms with Crippen LogP contribution in [0.1, 0.15) is 32.3 Å². The van der Waals surface area contributed by atoms with E-state index in [9.17, 15) is 4.79 Å². The van der Waals surface area contributed by atoms with Gasteiger partial charge in [0.2, 0.25) is 0 Å². The van der Waals surface area contributed by atoms with Crippen LogP contribution in [0.5, 0.6) is 11.5 Å². The molecule has 0 bridgehead atoms. The van der Waals surface area contributed by atoms with Gasteiger partial charge in [-0.05, 0) is 36.6 Å². The number of hydrogen-bond acceptors (Lipinski definition) is 3. The van der Waals surface area contributed by atoms with Gasteiger partial charge in [0.15, 0.2) is 11.5 Å². The van der Waals surface area contributed by atoms with Crippen LogP contribution in [-0.4, -0.2) is 24.3 Å². The first-order valence-electron chi connectivity index (χ1n) is 6.36. The van der Waals surface area contributed by atoms with Gasteiger partial charge in [0, 0.05) is 6.08 Å². The Balaban J connectivity index is 2.92. The maximum absolute atomic E-state index is 10.5. The third-order valence-electron chi connectivity index (χ3n) is 2.81. The van der Waals surface area contributed by atoms with E-state index in [1.165, 1.54) is 6.08 Å². The van der Waals surface area contributed by atoms with Gasteiger partial charge in [-0.2, -0.15) is 0 Å². The van der Waals surface area contributed by atoms with Gasteiger partial charge in [0.05, 0.1) is 13.2 Å². The Bertz CT molecular complexity index is 447. The average Bonchev–Trinajstić information content (AvgIpc) is 2.42. The van der Waals surface area contributed by atoms with E-state index in [1.807, 2.05) is 0 Å². The molecule has 0 aliphatic rings. The highest BCUT2D eigenvalue weighted by atomic mass is 16.5. The zero-order valence-corrected chi connectivity index (χ0v) is 11.6. The normalized spacial score (nSPS) is 10.9. The van der Waals surface area contributed by atoms with Crippen molar-refractivity contribution in [2.24, 2.45) is 0 Å². The largest absolute Gasteiger partial charge is 0.493 e. The number of rotatable bonds is 7. The Morgan fingerprint density at radius 1 is 1.32 bits per heavy atom. The topological polar surface area (TPSA) is 55.8 Å². The maximum atomic E-state index is 10.5. The molecule has 0 aromatic heterocycles. The number of ether oxygens (including phenoxy) is 2. The van der Waals surface area contributed by atoms with Crippen molar-refractivity contribution in [3.63, 3.8) is 0 Å². The summed E-state index contributed by atoms with van der Waals surface area (Å²) in [5.74, 6) is 0.319. The van der Waals surface area contributed by atoms with E-state index in [0.717, 1.165) is 24.5 Å². The second kappa shape index (κ2) is 7.46. The minimum absolute atomic E-state index is 0.161. The molecule has 4 heteroatoms. The Labute approximate surface area is 113 Å². The van der Waals surface area contributed by atoms with E-state index in [-0.39, 0.29) is 6.10 Å².